The Bertz CT molecular complexity index is 999. The molecule has 0 spiro atoms. The van der Waals surface area contributed by atoms with Crippen LogP contribution in [0.4, 0.5) is 0 Å². The molecule has 1 aliphatic rings. The van der Waals surface area contributed by atoms with Gasteiger partial charge in [0.15, 0.2) is 0 Å². The number of nitrogens with one attached hydrogen (secondary N) is 2. The molecule has 7 heteroatoms. The minimum Gasteiger partial charge on any atom is -0.467 e. The van der Waals surface area contributed by atoms with E-state index in [1.807, 2.05) is 37.3 Å². The zero-order valence-corrected chi connectivity index (χ0v) is 16.3. The van der Waals surface area contributed by atoms with Crippen LogP contribution in [0.3, 0.4) is 0 Å². The van der Waals surface area contributed by atoms with Gasteiger partial charge in [0, 0.05) is 11.4 Å². The molecule has 4 rings (SSSR count). The molecular formula is C21H21N3O3S. The molecule has 1 aromatic carbocycles. The molecule has 2 heterocycles. The third-order valence-electron chi connectivity index (χ3n) is 4.53. The number of rotatable bonds is 7. The molecule has 2 amide bonds. The Hall–Kier alpha value is -2.80. The SMILES string of the molecule is CC(Sc1cc(C(=O)NC2CC2)c2ccccc2n1)C(=O)NCc1ccco1. The smallest absolute Gasteiger partial charge is 0.252 e. The highest BCUT2D eigenvalue weighted by molar-refractivity contribution is 8.00. The second-order valence-corrected chi connectivity index (χ2v) is 8.19. The van der Waals surface area contributed by atoms with Gasteiger partial charge in [0.25, 0.3) is 5.91 Å². The fourth-order valence-electron chi connectivity index (χ4n) is 2.86. The summed E-state index contributed by atoms with van der Waals surface area (Å²) in [6, 6.07) is 13.2. The zero-order valence-electron chi connectivity index (χ0n) is 15.5. The Kier molecular flexibility index (Phi) is 5.34. The van der Waals surface area contributed by atoms with Crippen LogP contribution in [0.2, 0.25) is 0 Å². The number of benzene rings is 1. The fraction of sp³-hybridized carbons (Fsp3) is 0.286. The van der Waals surface area contributed by atoms with Crippen LogP contribution in [0.1, 0.15) is 35.9 Å². The topological polar surface area (TPSA) is 84.2 Å². The number of para-hydroxylation sites is 1. The average Bonchev–Trinajstić information content (AvgIpc) is 3.35. The summed E-state index contributed by atoms with van der Waals surface area (Å²) in [5.41, 5.74) is 1.35. The first-order valence-electron chi connectivity index (χ1n) is 9.27. The molecule has 1 saturated carbocycles. The van der Waals surface area contributed by atoms with Gasteiger partial charge in [-0.15, -0.1) is 0 Å². The van der Waals surface area contributed by atoms with Crippen LogP contribution in [-0.2, 0) is 11.3 Å². The van der Waals surface area contributed by atoms with Crippen LogP contribution in [0, 0.1) is 0 Å². The first-order chi connectivity index (χ1) is 13.6. The average molecular weight is 395 g/mol. The van der Waals surface area contributed by atoms with Gasteiger partial charge in [-0.25, -0.2) is 4.98 Å². The van der Waals surface area contributed by atoms with Crippen LogP contribution < -0.4 is 10.6 Å². The highest BCUT2D eigenvalue weighted by atomic mass is 32.2. The number of hydrogen-bond donors (Lipinski definition) is 2. The lowest BCUT2D eigenvalue weighted by atomic mass is 10.1. The molecule has 0 radical (unpaired) electrons. The number of carbonyl (C=O) groups excluding carboxylic acids is 2. The Morgan fingerprint density at radius 1 is 1.25 bits per heavy atom. The van der Waals surface area contributed by atoms with Crippen molar-refractivity contribution in [2.24, 2.45) is 0 Å². The fourth-order valence-corrected chi connectivity index (χ4v) is 3.75. The monoisotopic (exact) mass is 395 g/mol. The van der Waals surface area contributed by atoms with E-state index in [4.69, 9.17) is 4.42 Å². The molecule has 0 saturated heterocycles. The van der Waals surface area contributed by atoms with E-state index in [2.05, 4.69) is 15.6 Å². The molecule has 1 fully saturated rings. The summed E-state index contributed by atoms with van der Waals surface area (Å²) in [5, 5.41) is 7.00. The van der Waals surface area contributed by atoms with E-state index >= 15 is 0 Å². The first-order valence-corrected chi connectivity index (χ1v) is 10.2. The summed E-state index contributed by atoms with van der Waals surface area (Å²) in [6.07, 6.45) is 3.64. The summed E-state index contributed by atoms with van der Waals surface area (Å²) in [5.74, 6) is 0.506. The van der Waals surface area contributed by atoms with Crippen LogP contribution >= 0.6 is 11.8 Å². The van der Waals surface area contributed by atoms with Crippen molar-refractivity contribution < 1.29 is 14.0 Å². The number of amides is 2. The number of fused-ring (bicyclic) bond motifs is 1. The molecule has 1 aliphatic carbocycles. The summed E-state index contributed by atoms with van der Waals surface area (Å²) in [7, 11) is 0. The lowest BCUT2D eigenvalue weighted by Gasteiger charge is -2.13. The predicted octanol–water partition coefficient (Wildman–Crippen LogP) is 3.52. The van der Waals surface area contributed by atoms with Gasteiger partial charge in [0.2, 0.25) is 5.91 Å². The van der Waals surface area contributed by atoms with Gasteiger partial charge >= 0.3 is 0 Å². The van der Waals surface area contributed by atoms with Crippen molar-refractivity contribution in [2.75, 3.05) is 0 Å². The van der Waals surface area contributed by atoms with E-state index in [1.54, 1.807) is 18.4 Å². The quantitative estimate of drug-likeness (QED) is 0.598. The van der Waals surface area contributed by atoms with Crippen molar-refractivity contribution in [3.8, 4) is 0 Å². The number of thioether (sulfide) groups is 1. The minimum atomic E-state index is -0.358. The van der Waals surface area contributed by atoms with Gasteiger partial charge in [0.05, 0.1) is 34.2 Å². The van der Waals surface area contributed by atoms with Crippen molar-refractivity contribution in [1.29, 1.82) is 0 Å². The highest BCUT2D eigenvalue weighted by Gasteiger charge is 2.25. The second kappa shape index (κ2) is 8.06. The van der Waals surface area contributed by atoms with E-state index in [9.17, 15) is 9.59 Å². The standard InChI is InChI=1S/C21H21N3O3S/c1-13(20(25)22-12-15-5-4-10-27-15)28-19-11-17(21(26)23-14-8-9-14)16-6-2-3-7-18(16)24-19/h2-7,10-11,13-14H,8-9,12H2,1H3,(H,22,25)(H,23,26). The van der Waals surface area contributed by atoms with Crippen LogP contribution in [0.25, 0.3) is 10.9 Å². The zero-order chi connectivity index (χ0) is 19.5. The Morgan fingerprint density at radius 3 is 2.82 bits per heavy atom. The van der Waals surface area contributed by atoms with Crippen LogP contribution in [0.15, 0.2) is 58.2 Å². The number of carbonyl (C=O) groups is 2. The molecule has 0 aliphatic heterocycles. The Morgan fingerprint density at radius 2 is 2.07 bits per heavy atom. The van der Waals surface area contributed by atoms with Gasteiger partial charge in [-0.2, -0.15) is 0 Å². The van der Waals surface area contributed by atoms with Crippen LogP contribution in [-0.4, -0.2) is 28.1 Å². The lowest BCUT2D eigenvalue weighted by Crippen LogP contribution is -2.30. The predicted molar refractivity (Wildman–Crippen MR) is 108 cm³/mol. The van der Waals surface area contributed by atoms with Crippen molar-refractivity contribution in [3.05, 3.63) is 60.1 Å². The Labute approximate surface area is 167 Å². The van der Waals surface area contributed by atoms with Crippen LogP contribution in [0.5, 0.6) is 0 Å². The van der Waals surface area contributed by atoms with Crippen molar-refractivity contribution in [3.63, 3.8) is 0 Å². The number of pyridine rings is 1. The molecule has 0 bridgehead atoms. The molecule has 2 aromatic heterocycles. The number of aromatic nitrogens is 1. The van der Waals surface area contributed by atoms with E-state index in [-0.39, 0.29) is 23.1 Å². The van der Waals surface area contributed by atoms with E-state index in [0.717, 1.165) is 23.7 Å². The largest absolute Gasteiger partial charge is 0.467 e. The van der Waals surface area contributed by atoms with Crippen molar-refractivity contribution >= 4 is 34.5 Å². The normalized spacial score (nSPS) is 14.6. The molecule has 1 unspecified atom stereocenters. The summed E-state index contributed by atoms with van der Waals surface area (Å²) in [4.78, 5) is 29.7. The van der Waals surface area contributed by atoms with Crippen molar-refractivity contribution in [2.45, 2.75) is 42.6 Å². The van der Waals surface area contributed by atoms with Gasteiger partial charge < -0.3 is 15.1 Å². The maximum absolute atomic E-state index is 12.7. The summed E-state index contributed by atoms with van der Waals surface area (Å²) >= 11 is 1.34. The number of hydrogen-bond acceptors (Lipinski definition) is 5. The van der Waals surface area contributed by atoms with Gasteiger partial charge in [-0.05, 0) is 44.0 Å². The second-order valence-electron chi connectivity index (χ2n) is 6.83. The van der Waals surface area contributed by atoms with Crippen molar-refractivity contribution in [1.82, 2.24) is 15.6 Å². The minimum absolute atomic E-state index is 0.0853. The third-order valence-corrected chi connectivity index (χ3v) is 5.55. The molecule has 28 heavy (non-hydrogen) atoms. The maximum atomic E-state index is 12.7. The Balaban J connectivity index is 1.50. The number of nitrogens with zero attached hydrogens (tertiary/aromatic N) is 1. The molecule has 3 aromatic rings. The third kappa shape index (κ3) is 4.36. The highest BCUT2D eigenvalue weighted by Crippen LogP contribution is 2.28. The van der Waals surface area contributed by atoms with Gasteiger partial charge in [-0.1, -0.05) is 30.0 Å². The van der Waals surface area contributed by atoms with E-state index in [0.29, 0.717) is 22.9 Å². The maximum Gasteiger partial charge on any atom is 0.252 e. The van der Waals surface area contributed by atoms with Gasteiger partial charge in [-0.3, -0.25) is 9.59 Å². The summed E-state index contributed by atoms with van der Waals surface area (Å²) in [6.45, 7) is 2.17. The molecular weight excluding hydrogens is 374 g/mol. The first kappa shape index (κ1) is 18.6. The number of furan rings is 1. The lowest BCUT2D eigenvalue weighted by molar-refractivity contribution is -0.120. The molecule has 144 valence electrons. The van der Waals surface area contributed by atoms with E-state index < -0.39 is 0 Å². The van der Waals surface area contributed by atoms with E-state index in [1.165, 1.54) is 11.8 Å². The molecule has 6 nitrogen and oxygen atoms in total. The van der Waals surface area contributed by atoms with Gasteiger partial charge in [0.1, 0.15) is 5.76 Å². The molecule has 1 atom stereocenters. The molecule has 2 N–H and O–H groups in total. The summed E-state index contributed by atoms with van der Waals surface area (Å²) < 4.78 is 5.23.